The van der Waals surface area contributed by atoms with Gasteiger partial charge in [0.2, 0.25) is 5.91 Å². The van der Waals surface area contributed by atoms with E-state index in [-0.39, 0.29) is 5.92 Å². The standard InChI is InChI=1S/C21H22F3N5OS/c1-13(2)16-8-4-5-9-17(16)29-18(15-7-6-10-25-11-15)27-28-20(29)31-14(3)19(30)26-12-21(22,23)24/h4-11,13-14H,12H2,1-3H3,(H,26,30). The average molecular weight is 450 g/mol. The Balaban J connectivity index is 2.01. The maximum atomic E-state index is 12.4. The van der Waals surface area contributed by atoms with Crippen LogP contribution in [0.3, 0.4) is 0 Å². The summed E-state index contributed by atoms with van der Waals surface area (Å²) in [5.41, 5.74) is 2.62. The number of hydrogen-bond acceptors (Lipinski definition) is 5. The van der Waals surface area contributed by atoms with Crippen molar-refractivity contribution in [2.24, 2.45) is 0 Å². The van der Waals surface area contributed by atoms with Gasteiger partial charge in [-0.15, -0.1) is 10.2 Å². The van der Waals surface area contributed by atoms with Gasteiger partial charge in [-0.3, -0.25) is 14.3 Å². The second-order valence-electron chi connectivity index (χ2n) is 7.19. The van der Waals surface area contributed by atoms with Gasteiger partial charge < -0.3 is 5.32 Å². The second-order valence-corrected chi connectivity index (χ2v) is 8.50. The number of nitrogens with one attached hydrogen (secondary N) is 1. The number of carbonyl (C=O) groups excluding carboxylic acids is 1. The van der Waals surface area contributed by atoms with Gasteiger partial charge in [-0.25, -0.2) is 0 Å². The summed E-state index contributed by atoms with van der Waals surface area (Å²) in [6.07, 6.45) is -1.16. The Morgan fingerprint density at radius 2 is 1.87 bits per heavy atom. The molecule has 0 saturated heterocycles. The monoisotopic (exact) mass is 449 g/mol. The summed E-state index contributed by atoms with van der Waals surface area (Å²) < 4.78 is 39.2. The highest BCUT2D eigenvalue weighted by molar-refractivity contribution is 8.00. The molecule has 0 bridgehead atoms. The third kappa shape index (κ3) is 5.63. The number of para-hydroxylation sites is 1. The number of hydrogen-bond donors (Lipinski definition) is 1. The molecule has 1 atom stereocenters. The lowest BCUT2D eigenvalue weighted by atomic mass is 10.0. The van der Waals surface area contributed by atoms with Gasteiger partial charge in [0.15, 0.2) is 11.0 Å². The number of halogens is 3. The van der Waals surface area contributed by atoms with Crippen LogP contribution in [0.5, 0.6) is 0 Å². The summed E-state index contributed by atoms with van der Waals surface area (Å²) in [7, 11) is 0. The van der Waals surface area contributed by atoms with Crippen molar-refractivity contribution in [2.75, 3.05) is 6.54 Å². The van der Waals surface area contributed by atoms with Crippen LogP contribution in [0.2, 0.25) is 0 Å². The van der Waals surface area contributed by atoms with Crippen LogP contribution in [0.25, 0.3) is 17.1 Å². The van der Waals surface area contributed by atoms with Gasteiger partial charge in [0, 0.05) is 18.0 Å². The van der Waals surface area contributed by atoms with Crippen molar-refractivity contribution < 1.29 is 18.0 Å². The van der Waals surface area contributed by atoms with Crippen molar-refractivity contribution in [2.45, 2.75) is 43.3 Å². The number of pyridine rings is 1. The van der Waals surface area contributed by atoms with Gasteiger partial charge in [-0.1, -0.05) is 43.8 Å². The number of carbonyl (C=O) groups is 1. The van der Waals surface area contributed by atoms with Gasteiger partial charge in [0.1, 0.15) is 6.54 Å². The van der Waals surface area contributed by atoms with Crippen molar-refractivity contribution in [1.82, 2.24) is 25.1 Å². The molecule has 0 saturated carbocycles. The first kappa shape index (κ1) is 22.8. The molecule has 0 fully saturated rings. The molecule has 3 rings (SSSR count). The minimum Gasteiger partial charge on any atom is -0.346 e. The maximum absolute atomic E-state index is 12.4. The zero-order chi connectivity index (χ0) is 22.6. The van der Waals surface area contributed by atoms with Crippen LogP contribution in [-0.4, -0.2) is 43.6 Å². The Labute approximate surface area is 182 Å². The Morgan fingerprint density at radius 1 is 1.13 bits per heavy atom. The third-order valence-corrected chi connectivity index (χ3v) is 5.51. The molecule has 3 aromatic rings. The molecule has 0 radical (unpaired) electrons. The van der Waals surface area contributed by atoms with Crippen molar-refractivity contribution >= 4 is 17.7 Å². The lowest BCUT2D eigenvalue weighted by molar-refractivity contribution is -0.137. The van der Waals surface area contributed by atoms with Crippen LogP contribution in [0.15, 0.2) is 53.9 Å². The zero-order valence-corrected chi connectivity index (χ0v) is 18.0. The Morgan fingerprint density at radius 3 is 2.52 bits per heavy atom. The van der Waals surface area contributed by atoms with Crippen LogP contribution in [0.1, 0.15) is 32.3 Å². The SMILES string of the molecule is CC(Sc1nnc(-c2cccnc2)n1-c1ccccc1C(C)C)C(=O)NCC(F)(F)F. The first-order valence-corrected chi connectivity index (χ1v) is 10.5. The Hall–Kier alpha value is -2.88. The molecule has 2 aromatic heterocycles. The van der Waals surface area contributed by atoms with E-state index in [1.54, 1.807) is 18.5 Å². The predicted molar refractivity (Wildman–Crippen MR) is 113 cm³/mol. The molecule has 0 aliphatic carbocycles. The van der Waals surface area contributed by atoms with E-state index in [0.717, 1.165) is 28.6 Å². The van der Waals surface area contributed by atoms with Gasteiger partial charge in [-0.2, -0.15) is 13.2 Å². The molecule has 0 aliphatic rings. The number of benzene rings is 1. The molecule has 2 heterocycles. The minimum atomic E-state index is -4.47. The second kappa shape index (κ2) is 9.51. The van der Waals surface area contributed by atoms with Crippen molar-refractivity contribution in [3.8, 4) is 17.1 Å². The maximum Gasteiger partial charge on any atom is 0.405 e. The normalized spacial score (nSPS) is 12.7. The third-order valence-electron chi connectivity index (χ3n) is 4.47. The molecule has 1 aromatic carbocycles. The fourth-order valence-electron chi connectivity index (χ4n) is 2.97. The highest BCUT2D eigenvalue weighted by atomic mass is 32.2. The Kier molecular flexibility index (Phi) is 6.99. The van der Waals surface area contributed by atoms with Crippen LogP contribution in [0.4, 0.5) is 13.2 Å². The summed E-state index contributed by atoms with van der Waals surface area (Å²) in [6.45, 7) is 4.29. The van der Waals surface area contributed by atoms with Gasteiger partial charge in [-0.05, 0) is 36.6 Å². The van der Waals surface area contributed by atoms with Crippen molar-refractivity contribution in [3.05, 3.63) is 54.4 Å². The van der Waals surface area contributed by atoms with E-state index < -0.39 is 23.9 Å². The summed E-state index contributed by atoms with van der Waals surface area (Å²) in [5.74, 6) is 0.00857. The van der Waals surface area contributed by atoms with E-state index in [0.29, 0.717) is 11.0 Å². The molecular weight excluding hydrogens is 427 g/mol. The zero-order valence-electron chi connectivity index (χ0n) is 17.2. The number of nitrogens with zero attached hydrogens (tertiary/aromatic N) is 4. The highest BCUT2D eigenvalue weighted by Gasteiger charge is 2.30. The molecule has 31 heavy (non-hydrogen) atoms. The molecule has 10 heteroatoms. The summed E-state index contributed by atoms with van der Waals surface area (Å²) in [5, 5.41) is 10.1. The molecule has 1 N–H and O–H groups in total. The first-order valence-electron chi connectivity index (χ1n) is 9.63. The molecule has 1 unspecified atom stereocenters. The number of aromatic nitrogens is 4. The van der Waals surface area contributed by atoms with Crippen LogP contribution in [-0.2, 0) is 4.79 Å². The molecule has 0 spiro atoms. The molecule has 1 amide bonds. The quantitative estimate of drug-likeness (QED) is 0.533. The summed E-state index contributed by atoms with van der Waals surface area (Å²) in [6, 6.07) is 11.4. The van der Waals surface area contributed by atoms with Crippen LogP contribution < -0.4 is 5.32 Å². The van der Waals surface area contributed by atoms with Crippen LogP contribution in [0, 0.1) is 0 Å². The van der Waals surface area contributed by atoms with Gasteiger partial charge in [0.05, 0.1) is 10.9 Å². The average Bonchev–Trinajstić information content (AvgIpc) is 3.15. The largest absolute Gasteiger partial charge is 0.405 e. The topological polar surface area (TPSA) is 72.7 Å². The lowest BCUT2D eigenvalue weighted by Gasteiger charge is -2.18. The fourth-order valence-corrected chi connectivity index (χ4v) is 3.85. The molecular formula is C21H22F3N5OS. The number of amides is 1. The number of thioether (sulfide) groups is 1. The molecule has 0 aliphatic heterocycles. The first-order chi connectivity index (χ1) is 14.7. The molecule has 6 nitrogen and oxygen atoms in total. The lowest BCUT2D eigenvalue weighted by Crippen LogP contribution is -2.38. The van der Waals surface area contributed by atoms with Crippen molar-refractivity contribution in [1.29, 1.82) is 0 Å². The van der Waals surface area contributed by atoms with Gasteiger partial charge in [0.25, 0.3) is 0 Å². The van der Waals surface area contributed by atoms with Crippen molar-refractivity contribution in [3.63, 3.8) is 0 Å². The summed E-state index contributed by atoms with van der Waals surface area (Å²) in [4.78, 5) is 16.3. The fraction of sp³-hybridized carbons (Fsp3) is 0.333. The predicted octanol–water partition coefficient (Wildman–Crippen LogP) is 4.61. The number of alkyl halides is 3. The van der Waals surface area contributed by atoms with E-state index in [9.17, 15) is 18.0 Å². The minimum absolute atomic E-state index is 0.200. The van der Waals surface area contributed by atoms with Crippen LogP contribution >= 0.6 is 11.8 Å². The van der Waals surface area contributed by atoms with E-state index >= 15 is 0 Å². The van der Waals surface area contributed by atoms with E-state index in [2.05, 4.69) is 29.0 Å². The smallest absolute Gasteiger partial charge is 0.346 e. The van der Waals surface area contributed by atoms with E-state index in [4.69, 9.17) is 0 Å². The van der Waals surface area contributed by atoms with E-state index in [1.807, 2.05) is 40.2 Å². The van der Waals surface area contributed by atoms with Gasteiger partial charge >= 0.3 is 6.18 Å². The van der Waals surface area contributed by atoms with E-state index in [1.165, 1.54) is 6.92 Å². The highest BCUT2D eigenvalue weighted by Crippen LogP contribution is 2.33. The molecule has 164 valence electrons. The Bertz CT molecular complexity index is 1040. The number of rotatable bonds is 7. The summed E-state index contributed by atoms with van der Waals surface area (Å²) >= 11 is 1.05.